The summed E-state index contributed by atoms with van der Waals surface area (Å²) in [6.07, 6.45) is 6.37. The van der Waals surface area contributed by atoms with Crippen LogP contribution >= 0.6 is 0 Å². The standard InChI is InChI=1S/C32H40N2O5/c1-20-17-28(37-5)26(25-14-16-34(29(20)25)31(36)39-32(2,3)4)19-33-15-13-24(21-7-8-21)18-27(33)22-9-11-23(12-10-22)30(35)38-6/h9-12,14,16-17,21,24,27H,7-8,13,15,18-19H2,1-6H3/t24?,27-/m0/s1. The zero-order valence-corrected chi connectivity index (χ0v) is 24.0. The summed E-state index contributed by atoms with van der Waals surface area (Å²) in [6, 6.07) is 12.1. The molecule has 2 atom stereocenters. The summed E-state index contributed by atoms with van der Waals surface area (Å²) >= 11 is 0. The first kappa shape index (κ1) is 27.3. The molecule has 208 valence electrons. The Kier molecular flexibility index (Phi) is 7.47. The molecule has 7 heteroatoms. The normalized spacial score (nSPS) is 20.2. The lowest BCUT2D eigenvalue weighted by Gasteiger charge is -2.40. The van der Waals surface area contributed by atoms with Gasteiger partial charge < -0.3 is 14.2 Å². The monoisotopic (exact) mass is 532 g/mol. The van der Waals surface area contributed by atoms with E-state index in [1.54, 1.807) is 17.9 Å². The summed E-state index contributed by atoms with van der Waals surface area (Å²) in [5, 5.41) is 1.00. The van der Waals surface area contributed by atoms with Gasteiger partial charge >= 0.3 is 12.1 Å². The zero-order chi connectivity index (χ0) is 27.9. The summed E-state index contributed by atoms with van der Waals surface area (Å²) in [7, 11) is 3.11. The second-order valence-electron chi connectivity index (χ2n) is 12.0. The molecule has 1 aliphatic heterocycles. The van der Waals surface area contributed by atoms with Crippen LogP contribution in [0.4, 0.5) is 4.79 Å². The van der Waals surface area contributed by atoms with Gasteiger partial charge in [-0.15, -0.1) is 0 Å². The lowest BCUT2D eigenvalue weighted by molar-refractivity contribution is 0.0542. The van der Waals surface area contributed by atoms with Gasteiger partial charge in [0.05, 0.1) is 25.3 Å². The molecule has 1 aromatic heterocycles. The maximum Gasteiger partial charge on any atom is 0.419 e. The van der Waals surface area contributed by atoms with Gasteiger partial charge in [0.15, 0.2) is 0 Å². The molecule has 1 saturated carbocycles. The first-order chi connectivity index (χ1) is 18.6. The lowest BCUT2D eigenvalue weighted by atomic mass is 9.83. The number of aromatic nitrogens is 1. The van der Waals surface area contributed by atoms with Gasteiger partial charge in [-0.05, 0) is 107 Å². The fourth-order valence-corrected chi connectivity index (χ4v) is 6.11. The molecule has 1 unspecified atom stereocenters. The minimum Gasteiger partial charge on any atom is -0.496 e. The summed E-state index contributed by atoms with van der Waals surface area (Å²) in [5.41, 5.74) is 4.07. The molecule has 2 fully saturated rings. The second kappa shape index (κ2) is 10.7. The molecule has 2 aliphatic rings. The molecule has 2 aromatic carbocycles. The number of hydrogen-bond donors (Lipinski definition) is 0. The SMILES string of the molecule is COC(=O)c1ccc([C@@H]2CC(C3CC3)CCN2Cc2c(OC)cc(C)c3c2ccn3C(=O)OC(C)(C)C)cc1. The van der Waals surface area contributed by atoms with E-state index in [-0.39, 0.29) is 18.1 Å². The fraction of sp³-hybridized carbons (Fsp3) is 0.500. The van der Waals surface area contributed by atoms with Crippen LogP contribution in [-0.2, 0) is 16.0 Å². The molecule has 1 aliphatic carbocycles. The first-order valence-electron chi connectivity index (χ1n) is 13.9. The van der Waals surface area contributed by atoms with Crippen LogP contribution in [0.3, 0.4) is 0 Å². The number of nitrogens with zero attached hydrogens (tertiary/aromatic N) is 2. The summed E-state index contributed by atoms with van der Waals surface area (Å²) in [5.74, 6) is 2.07. The molecule has 0 spiro atoms. The van der Waals surface area contributed by atoms with Gasteiger partial charge in [0.1, 0.15) is 11.4 Å². The average Bonchev–Trinajstić information content (AvgIpc) is 3.66. The van der Waals surface area contributed by atoms with Crippen LogP contribution in [0, 0.1) is 18.8 Å². The number of likely N-dealkylation sites (tertiary alicyclic amines) is 1. The van der Waals surface area contributed by atoms with Crippen molar-refractivity contribution in [2.45, 2.75) is 71.6 Å². The van der Waals surface area contributed by atoms with Gasteiger partial charge in [-0.2, -0.15) is 0 Å². The molecule has 3 aromatic rings. The summed E-state index contributed by atoms with van der Waals surface area (Å²) in [4.78, 5) is 27.6. The number of fused-ring (bicyclic) bond motifs is 1. The van der Waals surface area contributed by atoms with E-state index in [0.29, 0.717) is 12.1 Å². The maximum atomic E-state index is 13.0. The Hall–Kier alpha value is -3.32. The highest BCUT2D eigenvalue weighted by atomic mass is 16.6. The molecule has 2 heterocycles. The van der Waals surface area contributed by atoms with Crippen LogP contribution in [-0.4, -0.2) is 47.9 Å². The number of aryl methyl sites for hydroxylation is 1. The minimum atomic E-state index is -0.584. The largest absolute Gasteiger partial charge is 0.496 e. The average molecular weight is 533 g/mol. The topological polar surface area (TPSA) is 70.0 Å². The van der Waals surface area contributed by atoms with E-state index in [0.717, 1.165) is 52.6 Å². The number of rotatable bonds is 6. The van der Waals surface area contributed by atoms with Crippen LogP contribution in [0.5, 0.6) is 5.75 Å². The van der Waals surface area contributed by atoms with Crippen molar-refractivity contribution in [3.8, 4) is 5.75 Å². The summed E-state index contributed by atoms with van der Waals surface area (Å²) in [6.45, 7) is 9.31. The number of esters is 1. The highest BCUT2D eigenvalue weighted by molar-refractivity contribution is 5.95. The highest BCUT2D eigenvalue weighted by Crippen LogP contribution is 2.47. The Morgan fingerprint density at radius 1 is 1.00 bits per heavy atom. The molecular formula is C32H40N2O5. The smallest absolute Gasteiger partial charge is 0.419 e. The Morgan fingerprint density at radius 3 is 2.33 bits per heavy atom. The van der Waals surface area contributed by atoms with Gasteiger partial charge in [0, 0.05) is 29.7 Å². The number of methoxy groups -OCH3 is 2. The number of carbonyl (C=O) groups is 2. The van der Waals surface area contributed by atoms with Crippen LogP contribution in [0.15, 0.2) is 42.6 Å². The van der Waals surface area contributed by atoms with E-state index < -0.39 is 5.60 Å². The van der Waals surface area contributed by atoms with E-state index in [9.17, 15) is 9.59 Å². The van der Waals surface area contributed by atoms with E-state index in [1.807, 2.05) is 52.0 Å². The maximum absolute atomic E-state index is 13.0. The predicted octanol–water partition coefficient (Wildman–Crippen LogP) is 6.89. The predicted molar refractivity (Wildman–Crippen MR) is 151 cm³/mol. The van der Waals surface area contributed by atoms with E-state index in [1.165, 1.54) is 31.9 Å². The van der Waals surface area contributed by atoms with Crippen molar-refractivity contribution < 1.29 is 23.8 Å². The molecule has 5 rings (SSSR count). The fourth-order valence-electron chi connectivity index (χ4n) is 6.11. The third-order valence-corrected chi connectivity index (χ3v) is 8.16. The number of benzene rings is 2. The van der Waals surface area contributed by atoms with Crippen molar-refractivity contribution in [3.63, 3.8) is 0 Å². The van der Waals surface area contributed by atoms with E-state index >= 15 is 0 Å². The van der Waals surface area contributed by atoms with Crippen LogP contribution in [0.25, 0.3) is 10.9 Å². The number of piperidine rings is 1. The third-order valence-electron chi connectivity index (χ3n) is 8.16. The molecule has 0 amide bonds. The quantitative estimate of drug-likeness (QED) is 0.322. The van der Waals surface area contributed by atoms with Crippen molar-refractivity contribution in [2.24, 2.45) is 11.8 Å². The van der Waals surface area contributed by atoms with Crippen molar-refractivity contribution in [3.05, 3.63) is 64.8 Å². The lowest BCUT2D eigenvalue weighted by Crippen LogP contribution is -2.37. The summed E-state index contributed by atoms with van der Waals surface area (Å²) < 4.78 is 18.1. The molecular weight excluding hydrogens is 492 g/mol. The van der Waals surface area contributed by atoms with Gasteiger partial charge in [-0.25, -0.2) is 9.59 Å². The number of carbonyl (C=O) groups excluding carboxylic acids is 2. The van der Waals surface area contributed by atoms with Crippen molar-refractivity contribution in [1.29, 1.82) is 0 Å². The van der Waals surface area contributed by atoms with Gasteiger partial charge in [0.2, 0.25) is 0 Å². The Bertz CT molecular complexity index is 1360. The molecule has 0 N–H and O–H groups in total. The molecule has 0 radical (unpaired) electrons. The molecule has 7 nitrogen and oxygen atoms in total. The Morgan fingerprint density at radius 2 is 1.72 bits per heavy atom. The number of hydrogen-bond acceptors (Lipinski definition) is 6. The first-order valence-corrected chi connectivity index (χ1v) is 13.9. The van der Waals surface area contributed by atoms with Gasteiger partial charge in [0.25, 0.3) is 0 Å². The number of ether oxygens (including phenoxy) is 3. The van der Waals surface area contributed by atoms with E-state index in [4.69, 9.17) is 14.2 Å². The molecule has 1 saturated heterocycles. The van der Waals surface area contributed by atoms with Crippen molar-refractivity contribution in [2.75, 3.05) is 20.8 Å². The van der Waals surface area contributed by atoms with Crippen molar-refractivity contribution >= 4 is 23.0 Å². The van der Waals surface area contributed by atoms with Crippen molar-refractivity contribution in [1.82, 2.24) is 9.47 Å². The van der Waals surface area contributed by atoms with Gasteiger partial charge in [-0.1, -0.05) is 12.1 Å². The zero-order valence-electron chi connectivity index (χ0n) is 24.0. The molecule has 0 bridgehead atoms. The van der Waals surface area contributed by atoms with Crippen LogP contribution < -0.4 is 4.74 Å². The minimum absolute atomic E-state index is 0.227. The Labute approximate surface area is 231 Å². The Balaban J connectivity index is 1.51. The highest BCUT2D eigenvalue weighted by Gasteiger charge is 2.38. The van der Waals surface area contributed by atoms with Gasteiger partial charge in [-0.3, -0.25) is 9.47 Å². The second-order valence-corrected chi connectivity index (χ2v) is 12.0. The van der Waals surface area contributed by atoms with Crippen LogP contribution in [0.1, 0.15) is 79.5 Å². The van der Waals surface area contributed by atoms with E-state index in [2.05, 4.69) is 17.0 Å². The molecule has 39 heavy (non-hydrogen) atoms. The third kappa shape index (κ3) is 5.69. The van der Waals surface area contributed by atoms with Crippen LogP contribution in [0.2, 0.25) is 0 Å².